The van der Waals surface area contributed by atoms with Gasteiger partial charge in [0.1, 0.15) is 8.64 Å². The van der Waals surface area contributed by atoms with E-state index < -0.39 is 62.0 Å². The fourth-order valence-corrected chi connectivity index (χ4v) is 2.53. The zero-order valence-corrected chi connectivity index (χ0v) is 10.8. The Labute approximate surface area is 146 Å². The van der Waals surface area contributed by atoms with Crippen LogP contribution in [-0.2, 0) is 0 Å². The molecule has 0 spiro atoms. The summed E-state index contributed by atoms with van der Waals surface area (Å²) in [6.45, 7) is -29.5. The van der Waals surface area contributed by atoms with E-state index >= 15 is 0 Å². The minimum atomic E-state index is -3.72. The SMILES string of the molecule is [2H]C([2H])([2H])C([2H])([2H])N(C(=S)SSC(=S)N(C([2H])([2H])C([2H])([2H])[2H])C([2H])([2H])C([2H])([2H])[2H])C([2H])([2H])C([2H])([2H])[2H]. The van der Waals surface area contributed by atoms with Gasteiger partial charge < -0.3 is 9.80 Å². The Kier molecular flexibility index (Phi) is 1.86. The molecule has 6 heteroatoms. The van der Waals surface area contributed by atoms with Crippen LogP contribution in [0.25, 0.3) is 0 Å². The summed E-state index contributed by atoms with van der Waals surface area (Å²) in [5.74, 6) is 0. The highest BCUT2D eigenvalue weighted by molar-refractivity contribution is 8.89. The molecule has 0 saturated heterocycles. The molecule has 0 unspecified atom stereocenters. The van der Waals surface area contributed by atoms with E-state index in [1.165, 1.54) is 0 Å². The van der Waals surface area contributed by atoms with Crippen molar-refractivity contribution in [3.05, 3.63) is 0 Å². The lowest BCUT2D eigenvalue weighted by atomic mass is 10.6. The van der Waals surface area contributed by atoms with E-state index in [1.807, 2.05) is 0 Å². The lowest BCUT2D eigenvalue weighted by molar-refractivity contribution is 0.482. The predicted octanol–water partition coefficient (Wildman–Crippen LogP) is 3.62. The van der Waals surface area contributed by atoms with Crippen LogP contribution in [0.4, 0.5) is 0 Å². The number of hydrogen-bond donors (Lipinski definition) is 0. The van der Waals surface area contributed by atoms with Crippen LogP contribution in [0.3, 0.4) is 0 Å². The van der Waals surface area contributed by atoms with Gasteiger partial charge in [0.25, 0.3) is 0 Å². The zero-order chi connectivity index (χ0) is 29.7. The summed E-state index contributed by atoms with van der Waals surface area (Å²) >= 11 is 9.70. The Morgan fingerprint density at radius 3 is 1.50 bits per heavy atom. The number of thiocarbonyl (C=S) groups is 2. The quantitative estimate of drug-likeness (QED) is 0.573. The van der Waals surface area contributed by atoms with Gasteiger partial charge in [0, 0.05) is 53.4 Å². The second kappa shape index (κ2) is 9.50. The lowest BCUT2D eigenvalue weighted by Crippen LogP contribution is -2.28. The maximum Gasteiger partial charge on any atom is 0.147 e. The van der Waals surface area contributed by atoms with Crippen LogP contribution in [0, 0.1) is 0 Å². The van der Waals surface area contributed by atoms with Crippen molar-refractivity contribution in [2.75, 3.05) is 26.0 Å². The second-order valence-electron chi connectivity index (χ2n) is 1.82. The van der Waals surface area contributed by atoms with Crippen LogP contribution in [0.5, 0.6) is 0 Å². The highest BCUT2D eigenvalue weighted by Gasteiger charge is 2.11. The van der Waals surface area contributed by atoms with Gasteiger partial charge in [-0.15, -0.1) is 0 Å². The van der Waals surface area contributed by atoms with Gasteiger partial charge in [0.15, 0.2) is 0 Å². The van der Waals surface area contributed by atoms with Crippen molar-refractivity contribution < 1.29 is 27.4 Å². The predicted molar refractivity (Wildman–Crippen MR) is 86.2 cm³/mol. The first kappa shape index (κ1) is 3.14. The Bertz CT molecular complexity index is 702. The van der Waals surface area contributed by atoms with Crippen LogP contribution in [0.15, 0.2) is 0 Å². The third-order valence-corrected chi connectivity index (χ3v) is 4.43. The van der Waals surface area contributed by atoms with E-state index in [4.69, 9.17) is 51.9 Å². The Morgan fingerprint density at radius 1 is 0.938 bits per heavy atom. The Balaban J connectivity index is 6.54. The summed E-state index contributed by atoms with van der Waals surface area (Å²) in [6.07, 6.45) is 0. The van der Waals surface area contributed by atoms with Crippen molar-refractivity contribution in [1.82, 2.24) is 9.80 Å². The lowest BCUT2D eigenvalue weighted by Gasteiger charge is -2.23. The number of nitrogens with zero attached hydrogens (tertiary/aromatic N) is 2. The molecule has 0 radical (unpaired) electrons. The maximum absolute atomic E-state index is 7.85. The molecule has 0 aliphatic carbocycles. The summed E-state index contributed by atoms with van der Waals surface area (Å²) in [6, 6.07) is 0. The molecule has 0 aromatic carbocycles. The molecule has 0 atom stereocenters. The molecule has 0 aliphatic rings. The molecule has 0 saturated carbocycles. The molecule has 0 aromatic rings. The second-order valence-corrected chi connectivity index (χ2v) is 5.21. The van der Waals surface area contributed by atoms with Gasteiger partial charge in [-0.3, -0.25) is 0 Å². The van der Waals surface area contributed by atoms with Crippen molar-refractivity contribution in [1.29, 1.82) is 0 Å². The zero-order valence-electron chi connectivity index (χ0n) is 27.5. The van der Waals surface area contributed by atoms with Crippen molar-refractivity contribution in [3.63, 3.8) is 0 Å². The molecule has 94 valence electrons. The van der Waals surface area contributed by atoms with E-state index in [-0.39, 0.29) is 31.4 Å². The van der Waals surface area contributed by atoms with Gasteiger partial charge in [-0.05, 0) is 49.0 Å². The first-order chi connectivity index (χ1) is 15.3. The first-order valence-electron chi connectivity index (χ1n) is 13.3. The van der Waals surface area contributed by atoms with Gasteiger partial charge in [-0.2, -0.15) is 0 Å². The number of hydrogen-bond acceptors (Lipinski definition) is 4. The van der Waals surface area contributed by atoms with E-state index in [1.54, 1.807) is 0 Å². The summed E-state index contributed by atoms with van der Waals surface area (Å²) in [4.78, 5) is -0.756. The normalized spacial score (nSPS) is 35.2. The minimum Gasteiger partial charge on any atom is -0.357 e. The fraction of sp³-hybridized carbons (Fsp3) is 0.800. The van der Waals surface area contributed by atoms with E-state index in [0.29, 0.717) is 0 Å². The van der Waals surface area contributed by atoms with Crippen molar-refractivity contribution in [3.8, 4) is 0 Å². The molecule has 0 heterocycles. The molecule has 0 bridgehead atoms. The summed E-state index contributed by atoms with van der Waals surface area (Å²) < 4.78 is 149. The number of rotatable bonds is 4. The van der Waals surface area contributed by atoms with E-state index in [0.717, 1.165) is 0 Å². The van der Waals surface area contributed by atoms with E-state index in [9.17, 15) is 0 Å². The van der Waals surface area contributed by atoms with Gasteiger partial charge in [0.05, 0.1) is 0 Å². The van der Waals surface area contributed by atoms with Crippen LogP contribution in [0.2, 0.25) is 0 Å². The first-order valence-corrected chi connectivity index (χ1v) is 6.29. The van der Waals surface area contributed by atoms with Gasteiger partial charge in [-0.1, -0.05) is 24.4 Å². The van der Waals surface area contributed by atoms with Crippen LogP contribution < -0.4 is 0 Å². The molecule has 0 rings (SSSR count). The average molecular weight is 317 g/mol. The van der Waals surface area contributed by atoms with Crippen molar-refractivity contribution in [2.24, 2.45) is 0 Å². The maximum atomic E-state index is 7.85. The van der Waals surface area contributed by atoms with Crippen molar-refractivity contribution >= 4 is 54.7 Å². The highest BCUT2D eigenvalue weighted by Crippen LogP contribution is 2.28. The van der Waals surface area contributed by atoms with E-state index in [2.05, 4.69) is 0 Å². The average Bonchev–Trinajstić information content (AvgIpc) is 2.55. The molecule has 0 aromatic heterocycles. The fourth-order valence-electron chi connectivity index (χ4n) is 0.384. The van der Waals surface area contributed by atoms with Crippen LogP contribution in [-0.4, -0.2) is 44.4 Å². The van der Waals surface area contributed by atoms with Crippen LogP contribution >= 0.6 is 46.0 Å². The molecule has 16 heavy (non-hydrogen) atoms. The topological polar surface area (TPSA) is 6.48 Å². The standard InChI is InChI=1S/C10H20N2S4/c1-5-11(6-2)9(13)15-16-10(14)12(7-3)8-4/h5-8H2,1-4H3/i1D3,2D3,3D3,4D3,5D2,6D2,7D2,8D2. The third kappa shape index (κ3) is 5.70. The van der Waals surface area contributed by atoms with Gasteiger partial charge in [0.2, 0.25) is 0 Å². The largest absolute Gasteiger partial charge is 0.357 e. The molecule has 0 fully saturated rings. The Morgan fingerprint density at radius 2 is 1.25 bits per heavy atom. The van der Waals surface area contributed by atoms with Crippen LogP contribution in [0.1, 0.15) is 54.8 Å². The summed E-state index contributed by atoms with van der Waals surface area (Å²) in [5, 5.41) is 0. The monoisotopic (exact) mass is 316 g/mol. The molecule has 0 N–H and O–H groups in total. The summed E-state index contributed by atoms with van der Waals surface area (Å²) in [7, 11) is -0.0582. The molecule has 2 nitrogen and oxygen atoms in total. The molecule has 0 amide bonds. The molecule has 0 aliphatic heterocycles. The van der Waals surface area contributed by atoms with Crippen molar-refractivity contribution in [2.45, 2.75) is 27.4 Å². The minimum absolute atomic E-state index is 0.0291. The Hall–Kier alpha value is 0.480. The van der Waals surface area contributed by atoms with Gasteiger partial charge >= 0.3 is 0 Å². The highest BCUT2D eigenvalue weighted by atomic mass is 33.1. The molecular weight excluding hydrogens is 276 g/mol. The summed E-state index contributed by atoms with van der Waals surface area (Å²) in [5.41, 5.74) is 0. The third-order valence-electron chi connectivity index (χ3n) is 0.997. The molecular formula is C10H20N2S4. The van der Waals surface area contributed by atoms with Gasteiger partial charge in [-0.25, -0.2) is 0 Å². The smallest absolute Gasteiger partial charge is 0.147 e.